The van der Waals surface area contributed by atoms with Crippen molar-refractivity contribution < 1.29 is 18.9 Å². The van der Waals surface area contributed by atoms with Crippen LogP contribution < -0.4 is 0 Å². The van der Waals surface area contributed by atoms with Crippen molar-refractivity contribution >= 4 is 0 Å². The van der Waals surface area contributed by atoms with E-state index in [1.165, 1.54) is 77.0 Å². The smallest absolute Gasteiger partial charge is 0.104 e. The van der Waals surface area contributed by atoms with Crippen LogP contribution in [0.25, 0.3) is 0 Å². The highest BCUT2D eigenvalue weighted by Gasteiger charge is 2.33. The zero-order valence-electron chi connectivity index (χ0n) is 17.8. The highest BCUT2D eigenvalue weighted by Crippen LogP contribution is 2.40. The quantitative estimate of drug-likeness (QED) is 0.517. The van der Waals surface area contributed by atoms with Crippen molar-refractivity contribution in [3.8, 4) is 0 Å². The molecule has 4 rings (SSSR count). The SMILES string of the molecule is C1CCCC(C2CCC(COCC3CO3)CCCC2COCC2CO2)CCC1. The van der Waals surface area contributed by atoms with Crippen LogP contribution in [0, 0.1) is 23.7 Å². The maximum absolute atomic E-state index is 6.13. The molecule has 4 aliphatic rings. The standard InChI is InChI=1S/C24H42O4/c1-2-4-8-20(9-5-3-1)24-12-11-19(13-25-15-22-17-27-22)7-6-10-21(24)14-26-16-23-18-28-23/h19-24H,1-18H2. The summed E-state index contributed by atoms with van der Waals surface area (Å²) in [6.45, 7) is 5.33. The molecule has 4 fully saturated rings. The lowest BCUT2D eigenvalue weighted by molar-refractivity contribution is 0.0233. The Morgan fingerprint density at radius 2 is 1.21 bits per heavy atom. The van der Waals surface area contributed by atoms with Gasteiger partial charge in [-0.3, -0.25) is 0 Å². The molecule has 4 heteroatoms. The predicted molar refractivity (Wildman–Crippen MR) is 110 cm³/mol. The van der Waals surface area contributed by atoms with E-state index in [9.17, 15) is 0 Å². The predicted octanol–water partition coefficient (Wildman–Crippen LogP) is 4.99. The number of rotatable bonds is 9. The first kappa shape index (κ1) is 21.1. The summed E-state index contributed by atoms with van der Waals surface area (Å²) in [5.41, 5.74) is 0. The Labute approximate surface area is 172 Å². The lowest BCUT2D eigenvalue weighted by Gasteiger charge is -2.38. The van der Waals surface area contributed by atoms with Crippen LogP contribution in [0.2, 0.25) is 0 Å². The second kappa shape index (κ2) is 11.3. The maximum atomic E-state index is 6.13. The number of hydrogen-bond donors (Lipinski definition) is 0. The minimum Gasteiger partial charge on any atom is -0.378 e. The van der Waals surface area contributed by atoms with Gasteiger partial charge in [0.15, 0.2) is 0 Å². The van der Waals surface area contributed by atoms with Gasteiger partial charge < -0.3 is 18.9 Å². The van der Waals surface area contributed by atoms with Crippen LogP contribution in [0.15, 0.2) is 0 Å². The summed E-state index contributed by atoms with van der Waals surface area (Å²) in [5, 5.41) is 0. The largest absolute Gasteiger partial charge is 0.378 e. The molecule has 4 nitrogen and oxygen atoms in total. The van der Waals surface area contributed by atoms with Crippen molar-refractivity contribution in [3.63, 3.8) is 0 Å². The monoisotopic (exact) mass is 394 g/mol. The van der Waals surface area contributed by atoms with Gasteiger partial charge in [-0.15, -0.1) is 0 Å². The molecule has 162 valence electrons. The molecule has 2 saturated heterocycles. The molecule has 5 unspecified atom stereocenters. The van der Waals surface area contributed by atoms with E-state index in [-0.39, 0.29) is 0 Å². The molecule has 2 aliphatic carbocycles. The van der Waals surface area contributed by atoms with Gasteiger partial charge in [-0.1, -0.05) is 51.4 Å². The fourth-order valence-electron chi connectivity index (χ4n) is 5.65. The molecular formula is C24H42O4. The second-order valence-corrected chi connectivity index (χ2v) is 9.89. The minimum atomic E-state index is 0.394. The summed E-state index contributed by atoms with van der Waals surface area (Å²) in [5.74, 6) is 3.28. The summed E-state index contributed by atoms with van der Waals surface area (Å²) >= 11 is 0. The molecule has 2 saturated carbocycles. The van der Waals surface area contributed by atoms with Crippen LogP contribution >= 0.6 is 0 Å². The number of hydrogen-bond acceptors (Lipinski definition) is 4. The van der Waals surface area contributed by atoms with E-state index < -0.39 is 0 Å². The Kier molecular flexibility index (Phi) is 8.50. The van der Waals surface area contributed by atoms with Crippen molar-refractivity contribution in [2.45, 2.75) is 89.3 Å². The molecule has 28 heavy (non-hydrogen) atoms. The highest BCUT2D eigenvalue weighted by molar-refractivity contribution is 4.82. The van der Waals surface area contributed by atoms with Gasteiger partial charge in [0.1, 0.15) is 12.2 Å². The molecule has 0 spiro atoms. The first-order valence-electron chi connectivity index (χ1n) is 12.3. The van der Waals surface area contributed by atoms with Gasteiger partial charge in [0, 0.05) is 13.2 Å². The van der Waals surface area contributed by atoms with Crippen LogP contribution in [0.1, 0.15) is 77.0 Å². The maximum Gasteiger partial charge on any atom is 0.104 e. The highest BCUT2D eigenvalue weighted by atomic mass is 16.6. The third-order valence-electron chi connectivity index (χ3n) is 7.55. The molecule has 0 aromatic carbocycles. The first-order chi connectivity index (χ1) is 13.9. The average Bonchev–Trinajstić information content (AvgIpc) is 3.55. The normalized spacial score (nSPS) is 37.5. The summed E-state index contributed by atoms with van der Waals surface area (Å²) in [6, 6.07) is 0. The van der Waals surface area contributed by atoms with Gasteiger partial charge in [-0.25, -0.2) is 0 Å². The molecule has 5 atom stereocenters. The molecule has 0 aromatic rings. The zero-order valence-corrected chi connectivity index (χ0v) is 17.8. The number of epoxide rings is 2. The fraction of sp³-hybridized carbons (Fsp3) is 1.00. The molecule has 0 amide bonds. The van der Waals surface area contributed by atoms with Crippen LogP contribution in [-0.4, -0.2) is 51.8 Å². The van der Waals surface area contributed by atoms with Crippen LogP contribution in [0.5, 0.6) is 0 Å². The summed E-state index contributed by atoms with van der Waals surface area (Å²) < 4.78 is 22.7. The van der Waals surface area contributed by atoms with Crippen molar-refractivity contribution in [3.05, 3.63) is 0 Å². The molecule has 0 radical (unpaired) electrons. The van der Waals surface area contributed by atoms with E-state index >= 15 is 0 Å². The van der Waals surface area contributed by atoms with E-state index in [4.69, 9.17) is 18.9 Å². The first-order valence-corrected chi connectivity index (χ1v) is 12.3. The van der Waals surface area contributed by atoms with Gasteiger partial charge in [0.2, 0.25) is 0 Å². The Morgan fingerprint density at radius 3 is 1.89 bits per heavy atom. The number of ether oxygens (including phenoxy) is 4. The molecule has 0 aromatic heterocycles. The van der Waals surface area contributed by atoms with E-state index in [0.29, 0.717) is 12.2 Å². The lowest BCUT2D eigenvalue weighted by atomic mass is 9.69. The van der Waals surface area contributed by atoms with Crippen LogP contribution in [0.3, 0.4) is 0 Å². The summed E-state index contributed by atoms with van der Waals surface area (Å²) in [4.78, 5) is 0. The lowest BCUT2D eigenvalue weighted by Crippen LogP contribution is -2.31. The van der Waals surface area contributed by atoms with Gasteiger partial charge in [-0.2, -0.15) is 0 Å². The molecule has 0 bridgehead atoms. The van der Waals surface area contributed by atoms with E-state index in [0.717, 1.165) is 63.3 Å². The topological polar surface area (TPSA) is 43.5 Å². The van der Waals surface area contributed by atoms with Crippen LogP contribution in [0.4, 0.5) is 0 Å². The average molecular weight is 395 g/mol. The van der Waals surface area contributed by atoms with Crippen molar-refractivity contribution in [2.24, 2.45) is 23.7 Å². The molecule has 2 aliphatic heterocycles. The molecule has 0 N–H and O–H groups in total. The fourth-order valence-corrected chi connectivity index (χ4v) is 5.65. The van der Waals surface area contributed by atoms with Gasteiger partial charge in [0.25, 0.3) is 0 Å². The van der Waals surface area contributed by atoms with E-state index in [1.54, 1.807) is 0 Å². The van der Waals surface area contributed by atoms with E-state index in [1.807, 2.05) is 0 Å². The summed E-state index contributed by atoms with van der Waals surface area (Å²) in [7, 11) is 0. The summed E-state index contributed by atoms with van der Waals surface area (Å²) in [6.07, 6.45) is 17.7. The van der Waals surface area contributed by atoms with Crippen molar-refractivity contribution in [1.82, 2.24) is 0 Å². The molecular weight excluding hydrogens is 352 g/mol. The molecule has 2 heterocycles. The van der Waals surface area contributed by atoms with E-state index in [2.05, 4.69) is 0 Å². The van der Waals surface area contributed by atoms with Crippen molar-refractivity contribution in [2.75, 3.05) is 39.6 Å². The Hall–Kier alpha value is -0.160. The van der Waals surface area contributed by atoms with Gasteiger partial charge in [0.05, 0.1) is 26.4 Å². The van der Waals surface area contributed by atoms with Gasteiger partial charge >= 0.3 is 0 Å². The third-order valence-corrected chi connectivity index (χ3v) is 7.55. The Morgan fingerprint density at radius 1 is 0.571 bits per heavy atom. The third kappa shape index (κ3) is 7.27. The van der Waals surface area contributed by atoms with Gasteiger partial charge in [-0.05, 0) is 49.4 Å². The van der Waals surface area contributed by atoms with Crippen LogP contribution in [-0.2, 0) is 18.9 Å². The zero-order chi connectivity index (χ0) is 19.0. The van der Waals surface area contributed by atoms with Crippen molar-refractivity contribution in [1.29, 1.82) is 0 Å². The minimum absolute atomic E-state index is 0.394. The Bertz CT molecular complexity index is 426. The Balaban J connectivity index is 1.30. The second-order valence-electron chi connectivity index (χ2n) is 9.89.